The van der Waals surface area contributed by atoms with E-state index in [9.17, 15) is 4.79 Å². The van der Waals surface area contributed by atoms with Crippen LogP contribution in [-0.2, 0) is 0 Å². The second kappa shape index (κ2) is 5.14. The third-order valence-electron chi connectivity index (χ3n) is 2.07. The van der Waals surface area contributed by atoms with Crippen LogP contribution in [0.1, 0.15) is 22.8 Å². The lowest BCUT2D eigenvalue weighted by Crippen LogP contribution is -2.34. The largest absolute Gasteiger partial charge is 0.394 e. The highest BCUT2D eigenvalue weighted by atomic mass is 35.5. The fourth-order valence-corrected chi connectivity index (χ4v) is 1.26. The summed E-state index contributed by atoms with van der Waals surface area (Å²) in [6, 6.07) is 4.83. The van der Waals surface area contributed by atoms with Gasteiger partial charge in [0.05, 0.1) is 6.61 Å². The van der Waals surface area contributed by atoms with Crippen LogP contribution in [0.5, 0.6) is 0 Å². The van der Waals surface area contributed by atoms with Crippen molar-refractivity contribution in [2.24, 2.45) is 0 Å². The first-order valence-electron chi connectivity index (χ1n) is 4.72. The number of carbonyl (C=O) groups is 1. The van der Waals surface area contributed by atoms with E-state index in [2.05, 4.69) is 5.32 Å². The van der Waals surface area contributed by atoms with Crippen molar-refractivity contribution in [1.29, 1.82) is 0 Å². The average Bonchev–Trinajstić information content (AvgIpc) is 2.21. The van der Waals surface area contributed by atoms with E-state index in [4.69, 9.17) is 16.7 Å². The number of rotatable bonds is 3. The molecule has 0 saturated heterocycles. The molecule has 1 aromatic rings. The van der Waals surface area contributed by atoms with Crippen LogP contribution in [0.3, 0.4) is 0 Å². The van der Waals surface area contributed by atoms with Crippen molar-refractivity contribution >= 4 is 17.5 Å². The average molecular weight is 228 g/mol. The number of aryl methyl sites for hydroxylation is 1. The Kier molecular flexibility index (Phi) is 4.12. The fourth-order valence-electron chi connectivity index (χ4n) is 1.14. The predicted molar refractivity (Wildman–Crippen MR) is 60.2 cm³/mol. The first-order valence-corrected chi connectivity index (χ1v) is 5.10. The van der Waals surface area contributed by atoms with Gasteiger partial charge < -0.3 is 10.4 Å². The summed E-state index contributed by atoms with van der Waals surface area (Å²) in [6.07, 6.45) is 0. The molecule has 0 saturated carbocycles. The minimum Gasteiger partial charge on any atom is -0.394 e. The maximum absolute atomic E-state index is 11.6. The lowest BCUT2D eigenvalue weighted by Gasteiger charge is -2.11. The first-order chi connectivity index (χ1) is 7.04. The van der Waals surface area contributed by atoms with Gasteiger partial charge in [-0.1, -0.05) is 11.6 Å². The van der Waals surface area contributed by atoms with Gasteiger partial charge in [-0.2, -0.15) is 0 Å². The van der Waals surface area contributed by atoms with E-state index in [0.717, 1.165) is 5.56 Å². The minimum atomic E-state index is -0.242. The van der Waals surface area contributed by atoms with Gasteiger partial charge in [0.2, 0.25) is 0 Å². The molecule has 0 fully saturated rings. The van der Waals surface area contributed by atoms with Crippen molar-refractivity contribution in [2.75, 3.05) is 6.61 Å². The smallest absolute Gasteiger partial charge is 0.251 e. The van der Waals surface area contributed by atoms with Crippen molar-refractivity contribution in [2.45, 2.75) is 19.9 Å². The van der Waals surface area contributed by atoms with Crippen LogP contribution in [-0.4, -0.2) is 23.7 Å². The van der Waals surface area contributed by atoms with Gasteiger partial charge >= 0.3 is 0 Å². The normalized spacial score (nSPS) is 12.3. The number of aliphatic hydroxyl groups is 1. The third-order valence-corrected chi connectivity index (χ3v) is 2.50. The van der Waals surface area contributed by atoms with Crippen molar-refractivity contribution < 1.29 is 9.90 Å². The Bertz CT molecular complexity index is 366. The van der Waals surface area contributed by atoms with E-state index >= 15 is 0 Å². The van der Waals surface area contributed by atoms with E-state index < -0.39 is 0 Å². The standard InChI is InChI=1S/C11H14ClNO2/c1-7-5-9(3-4-10(7)12)11(15)13-8(2)6-14/h3-5,8,14H,6H2,1-2H3,(H,13,15)/t8-/m1/s1. The number of nitrogens with one attached hydrogen (secondary N) is 1. The van der Waals surface area contributed by atoms with Crippen LogP contribution < -0.4 is 5.32 Å². The van der Waals surface area contributed by atoms with Crippen molar-refractivity contribution in [3.8, 4) is 0 Å². The lowest BCUT2D eigenvalue weighted by atomic mass is 10.1. The van der Waals surface area contributed by atoms with Crippen molar-refractivity contribution in [3.05, 3.63) is 34.3 Å². The molecule has 3 nitrogen and oxygen atoms in total. The topological polar surface area (TPSA) is 49.3 Å². The van der Waals surface area contributed by atoms with E-state index in [1.807, 2.05) is 6.92 Å². The van der Waals surface area contributed by atoms with Gasteiger partial charge in [-0.3, -0.25) is 4.79 Å². The summed E-state index contributed by atoms with van der Waals surface area (Å²) >= 11 is 5.85. The molecule has 2 N–H and O–H groups in total. The van der Waals surface area contributed by atoms with Crippen LogP contribution in [0.25, 0.3) is 0 Å². The molecule has 15 heavy (non-hydrogen) atoms. The molecule has 0 aromatic heterocycles. The number of carbonyl (C=O) groups excluding carboxylic acids is 1. The molecule has 0 aliphatic rings. The van der Waals surface area contributed by atoms with E-state index in [1.54, 1.807) is 25.1 Å². The Balaban J connectivity index is 2.78. The molecule has 0 aliphatic heterocycles. The molecule has 1 rings (SSSR count). The molecule has 0 radical (unpaired) electrons. The van der Waals surface area contributed by atoms with E-state index in [0.29, 0.717) is 10.6 Å². The van der Waals surface area contributed by atoms with Gasteiger partial charge in [-0.05, 0) is 37.6 Å². The van der Waals surface area contributed by atoms with Crippen LogP contribution in [0.15, 0.2) is 18.2 Å². The maximum Gasteiger partial charge on any atom is 0.251 e. The summed E-state index contributed by atoms with van der Waals surface area (Å²) < 4.78 is 0. The van der Waals surface area contributed by atoms with Gasteiger partial charge in [0.25, 0.3) is 5.91 Å². The van der Waals surface area contributed by atoms with Gasteiger partial charge in [-0.25, -0.2) is 0 Å². The van der Waals surface area contributed by atoms with Gasteiger partial charge in [0.15, 0.2) is 0 Å². The highest BCUT2D eigenvalue weighted by molar-refractivity contribution is 6.31. The third kappa shape index (κ3) is 3.22. The zero-order valence-corrected chi connectivity index (χ0v) is 9.51. The summed E-state index contributed by atoms with van der Waals surface area (Å²) in [5, 5.41) is 12.1. The molecule has 0 heterocycles. The van der Waals surface area contributed by atoms with Gasteiger partial charge in [0.1, 0.15) is 0 Å². The molecule has 82 valence electrons. The Morgan fingerprint density at radius 1 is 1.60 bits per heavy atom. The van der Waals surface area contributed by atoms with Crippen LogP contribution >= 0.6 is 11.6 Å². The fraction of sp³-hybridized carbons (Fsp3) is 0.364. The highest BCUT2D eigenvalue weighted by Gasteiger charge is 2.09. The van der Waals surface area contributed by atoms with Crippen LogP contribution in [0.2, 0.25) is 5.02 Å². The second-order valence-corrected chi connectivity index (χ2v) is 3.93. The van der Waals surface area contributed by atoms with Crippen molar-refractivity contribution in [3.63, 3.8) is 0 Å². The van der Waals surface area contributed by atoms with Crippen molar-refractivity contribution in [1.82, 2.24) is 5.32 Å². The molecular weight excluding hydrogens is 214 g/mol. The lowest BCUT2D eigenvalue weighted by molar-refractivity contribution is 0.0922. The zero-order valence-electron chi connectivity index (χ0n) is 8.75. The molecular formula is C11H14ClNO2. The molecule has 1 atom stereocenters. The van der Waals surface area contributed by atoms with Crippen LogP contribution in [0, 0.1) is 6.92 Å². The Morgan fingerprint density at radius 3 is 2.80 bits per heavy atom. The second-order valence-electron chi connectivity index (χ2n) is 3.52. The number of amides is 1. The van der Waals surface area contributed by atoms with E-state index in [-0.39, 0.29) is 18.6 Å². The van der Waals surface area contributed by atoms with Gasteiger partial charge in [-0.15, -0.1) is 0 Å². The summed E-state index contributed by atoms with van der Waals surface area (Å²) in [7, 11) is 0. The summed E-state index contributed by atoms with van der Waals surface area (Å²) in [4.78, 5) is 11.6. The molecule has 1 amide bonds. The molecule has 0 aliphatic carbocycles. The molecule has 0 unspecified atom stereocenters. The minimum absolute atomic E-state index is 0.0711. The SMILES string of the molecule is Cc1cc(C(=O)N[C@H](C)CO)ccc1Cl. The summed E-state index contributed by atoms with van der Waals surface area (Å²) in [6.45, 7) is 3.51. The summed E-state index contributed by atoms with van der Waals surface area (Å²) in [5.74, 6) is -0.198. The Hall–Kier alpha value is -1.06. The van der Waals surface area contributed by atoms with Gasteiger partial charge in [0, 0.05) is 16.6 Å². The number of halogens is 1. The monoisotopic (exact) mass is 227 g/mol. The number of hydrogen-bond donors (Lipinski definition) is 2. The molecule has 4 heteroatoms. The summed E-state index contributed by atoms with van der Waals surface area (Å²) in [5.41, 5.74) is 1.41. The number of aliphatic hydroxyl groups excluding tert-OH is 1. The molecule has 1 aromatic carbocycles. The quantitative estimate of drug-likeness (QED) is 0.827. The molecule has 0 bridgehead atoms. The Morgan fingerprint density at radius 2 is 2.27 bits per heavy atom. The molecule has 0 spiro atoms. The highest BCUT2D eigenvalue weighted by Crippen LogP contribution is 2.16. The maximum atomic E-state index is 11.6. The zero-order chi connectivity index (χ0) is 11.4. The number of hydrogen-bond acceptors (Lipinski definition) is 2. The predicted octanol–water partition coefficient (Wildman–Crippen LogP) is 1.76. The first kappa shape index (κ1) is 12.0. The van der Waals surface area contributed by atoms with E-state index in [1.165, 1.54) is 0 Å². The Labute approximate surface area is 94.1 Å². The van der Waals surface area contributed by atoms with Crippen LogP contribution in [0.4, 0.5) is 0 Å². The number of benzene rings is 1.